The Morgan fingerprint density at radius 1 is 1.15 bits per heavy atom. The molecule has 0 spiro atoms. The van der Waals surface area contributed by atoms with E-state index in [-0.39, 0.29) is 23.8 Å². The van der Waals surface area contributed by atoms with Gasteiger partial charge in [-0.1, -0.05) is 42.2 Å². The van der Waals surface area contributed by atoms with Crippen LogP contribution in [0.25, 0.3) is 6.08 Å². The first kappa shape index (κ1) is 27.3. The quantitative estimate of drug-likeness (QED) is 0.300. The normalized spacial score (nSPS) is 15.1. The number of thioether (sulfide) groups is 1. The molecule has 1 aromatic heterocycles. The number of pyridine rings is 1. The highest BCUT2D eigenvalue weighted by Gasteiger charge is 2.33. The molecule has 0 bridgehead atoms. The van der Waals surface area contributed by atoms with Gasteiger partial charge in [0.1, 0.15) is 27.5 Å². The molecule has 0 radical (unpaired) electrons. The molecule has 2 aliphatic heterocycles. The predicted molar refractivity (Wildman–Crippen MR) is 157 cm³/mol. The van der Waals surface area contributed by atoms with Crippen molar-refractivity contribution in [1.29, 1.82) is 5.26 Å². The first-order chi connectivity index (χ1) is 19.3. The zero-order valence-corrected chi connectivity index (χ0v) is 23.8. The Bertz CT molecular complexity index is 1640. The van der Waals surface area contributed by atoms with E-state index in [4.69, 9.17) is 26.4 Å². The fraction of sp³-hybridized carbons (Fsp3) is 0.241. The van der Waals surface area contributed by atoms with Crippen LogP contribution in [-0.4, -0.2) is 33.6 Å². The lowest BCUT2D eigenvalue weighted by Crippen LogP contribution is -2.28. The van der Waals surface area contributed by atoms with E-state index in [2.05, 4.69) is 5.32 Å². The van der Waals surface area contributed by atoms with Crippen LogP contribution in [0, 0.1) is 18.3 Å². The molecule has 3 heterocycles. The van der Waals surface area contributed by atoms with Gasteiger partial charge in [-0.25, -0.2) is 0 Å². The lowest BCUT2D eigenvalue weighted by molar-refractivity contribution is -0.122. The van der Waals surface area contributed by atoms with Crippen LogP contribution < -0.4 is 25.1 Å². The molecule has 0 unspecified atom stereocenters. The highest BCUT2D eigenvalue weighted by Crippen LogP contribution is 2.36. The Balaban J connectivity index is 1.49. The second-order valence-corrected chi connectivity index (χ2v) is 10.8. The SMILES string of the molecule is CCn1c(NCc2ccc3c(c2)OCO3)c(/C=C2/SC(=S)N(Cc3ccc(OC)cc3)C2=O)c(C)c(C#N)c1=O. The summed E-state index contributed by atoms with van der Waals surface area (Å²) in [7, 11) is 1.60. The third kappa shape index (κ3) is 5.15. The Labute approximate surface area is 241 Å². The number of hydrogen-bond donors (Lipinski definition) is 1. The van der Waals surface area contributed by atoms with E-state index >= 15 is 0 Å². The zero-order valence-electron chi connectivity index (χ0n) is 22.1. The fourth-order valence-electron chi connectivity index (χ4n) is 4.57. The van der Waals surface area contributed by atoms with Gasteiger partial charge in [0.25, 0.3) is 11.5 Å². The molecule has 1 amide bonds. The third-order valence-corrected chi connectivity index (χ3v) is 8.11. The monoisotopic (exact) mass is 574 g/mol. The number of methoxy groups -OCH3 is 1. The summed E-state index contributed by atoms with van der Waals surface area (Å²) in [5.41, 5.74) is 2.55. The first-order valence-corrected chi connectivity index (χ1v) is 13.7. The largest absolute Gasteiger partial charge is 0.497 e. The number of nitrogens with one attached hydrogen (secondary N) is 1. The van der Waals surface area contributed by atoms with Gasteiger partial charge < -0.3 is 19.5 Å². The van der Waals surface area contributed by atoms with Crippen LogP contribution in [0.5, 0.6) is 17.2 Å². The molecule has 0 atom stereocenters. The summed E-state index contributed by atoms with van der Waals surface area (Å²) in [6.07, 6.45) is 1.72. The van der Waals surface area contributed by atoms with Gasteiger partial charge in [-0.05, 0) is 60.9 Å². The second kappa shape index (κ2) is 11.5. The molecule has 204 valence electrons. The van der Waals surface area contributed by atoms with Crippen molar-refractivity contribution in [3.05, 3.63) is 85.5 Å². The molecule has 11 heteroatoms. The second-order valence-electron chi connectivity index (χ2n) is 9.08. The highest BCUT2D eigenvalue weighted by atomic mass is 32.2. The minimum absolute atomic E-state index is 0.0374. The van der Waals surface area contributed by atoms with Crippen molar-refractivity contribution < 1.29 is 19.0 Å². The van der Waals surface area contributed by atoms with Crippen LogP contribution in [0.4, 0.5) is 5.82 Å². The Morgan fingerprint density at radius 3 is 2.58 bits per heavy atom. The molecule has 0 saturated carbocycles. The number of benzene rings is 2. The van der Waals surface area contributed by atoms with Crippen molar-refractivity contribution in [3.63, 3.8) is 0 Å². The van der Waals surface area contributed by atoms with E-state index < -0.39 is 0 Å². The number of anilines is 1. The number of rotatable bonds is 8. The van der Waals surface area contributed by atoms with Crippen molar-refractivity contribution in [2.45, 2.75) is 33.5 Å². The molecule has 5 rings (SSSR count). The summed E-state index contributed by atoms with van der Waals surface area (Å²) in [5.74, 6) is 2.34. The molecule has 2 aliphatic rings. The molecule has 3 aromatic rings. The highest BCUT2D eigenvalue weighted by molar-refractivity contribution is 8.26. The predicted octanol–water partition coefficient (Wildman–Crippen LogP) is 4.80. The fourth-order valence-corrected chi connectivity index (χ4v) is 5.81. The molecule has 1 N–H and O–H groups in total. The molecule has 1 saturated heterocycles. The van der Waals surface area contributed by atoms with Gasteiger partial charge in [0, 0.05) is 18.7 Å². The smallest absolute Gasteiger partial charge is 0.270 e. The van der Waals surface area contributed by atoms with Gasteiger partial charge in [-0.3, -0.25) is 19.1 Å². The summed E-state index contributed by atoms with van der Waals surface area (Å²) in [5, 5.41) is 13.2. The summed E-state index contributed by atoms with van der Waals surface area (Å²) >= 11 is 6.75. The van der Waals surface area contributed by atoms with Crippen LogP contribution in [0.15, 0.2) is 52.2 Å². The average molecular weight is 575 g/mol. The number of fused-ring (bicyclic) bond motifs is 1. The van der Waals surface area contributed by atoms with Gasteiger partial charge >= 0.3 is 0 Å². The van der Waals surface area contributed by atoms with E-state index in [9.17, 15) is 14.9 Å². The number of aromatic nitrogens is 1. The number of amides is 1. The number of nitrogens with zero attached hydrogens (tertiary/aromatic N) is 3. The maximum Gasteiger partial charge on any atom is 0.270 e. The summed E-state index contributed by atoms with van der Waals surface area (Å²) < 4.78 is 18.1. The van der Waals surface area contributed by atoms with Gasteiger partial charge in [0.2, 0.25) is 6.79 Å². The van der Waals surface area contributed by atoms with Crippen LogP contribution in [0.3, 0.4) is 0 Å². The number of carbonyl (C=O) groups is 1. The van der Waals surface area contributed by atoms with E-state index in [0.29, 0.717) is 57.3 Å². The van der Waals surface area contributed by atoms with Gasteiger partial charge in [0.15, 0.2) is 11.5 Å². The molecule has 9 nitrogen and oxygen atoms in total. The van der Waals surface area contributed by atoms with Crippen molar-refractivity contribution in [2.24, 2.45) is 0 Å². The third-order valence-electron chi connectivity index (χ3n) is 6.74. The van der Waals surface area contributed by atoms with E-state index in [1.807, 2.05) is 55.5 Å². The maximum atomic E-state index is 13.5. The van der Waals surface area contributed by atoms with Crippen molar-refractivity contribution in [3.8, 4) is 23.3 Å². The number of ether oxygens (including phenoxy) is 3. The lowest BCUT2D eigenvalue weighted by Gasteiger charge is -2.19. The average Bonchev–Trinajstić information content (AvgIpc) is 3.53. The molecular weight excluding hydrogens is 548 g/mol. The zero-order chi connectivity index (χ0) is 28.4. The molecule has 2 aromatic carbocycles. The van der Waals surface area contributed by atoms with Gasteiger partial charge in [-0.2, -0.15) is 5.26 Å². The lowest BCUT2D eigenvalue weighted by atomic mass is 10.0. The standard InChI is InChI=1S/C29H26N4O5S2/c1-4-32-26(31-14-19-7-10-23-24(11-19)38-16-37-23)21(17(2)22(13-30)27(32)34)12-25-28(35)33(29(39)40-25)15-18-5-8-20(36-3)9-6-18/h5-12,31H,4,14-16H2,1-3H3/b25-12+. The molecule has 1 fully saturated rings. The number of nitriles is 1. The van der Waals surface area contributed by atoms with E-state index in [0.717, 1.165) is 16.9 Å². The van der Waals surface area contributed by atoms with Crippen molar-refractivity contribution in [1.82, 2.24) is 9.47 Å². The van der Waals surface area contributed by atoms with Crippen LogP contribution in [0.1, 0.15) is 34.7 Å². The number of carbonyl (C=O) groups excluding carboxylic acids is 1. The van der Waals surface area contributed by atoms with Crippen molar-refractivity contribution in [2.75, 3.05) is 19.2 Å². The first-order valence-electron chi connectivity index (χ1n) is 12.5. The maximum absolute atomic E-state index is 13.5. The molecule has 0 aliphatic carbocycles. The van der Waals surface area contributed by atoms with Gasteiger partial charge in [0.05, 0.1) is 18.6 Å². The van der Waals surface area contributed by atoms with Gasteiger partial charge in [-0.15, -0.1) is 0 Å². The van der Waals surface area contributed by atoms with Crippen molar-refractivity contribution >= 4 is 46.1 Å². The Hall–Kier alpha value is -4.27. The topological polar surface area (TPSA) is 106 Å². The minimum Gasteiger partial charge on any atom is -0.497 e. The number of thiocarbonyl (C=S) groups is 1. The van der Waals surface area contributed by atoms with Crippen LogP contribution in [0.2, 0.25) is 0 Å². The van der Waals surface area contributed by atoms with E-state index in [1.165, 1.54) is 16.3 Å². The summed E-state index contributed by atoms with van der Waals surface area (Å²) in [4.78, 5) is 28.6. The summed E-state index contributed by atoms with van der Waals surface area (Å²) in [6, 6.07) is 15.1. The van der Waals surface area contributed by atoms with Crippen LogP contribution >= 0.6 is 24.0 Å². The number of hydrogen-bond acceptors (Lipinski definition) is 9. The summed E-state index contributed by atoms with van der Waals surface area (Å²) in [6.45, 7) is 4.75. The van der Waals surface area contributed by atoms with E-state index in [1.54, 1.807) is 25.0 Å². The minimum atomic E-state index is -0.389. The van der Waals surface area contributed by atoms with Crippen LogP contribution in [-0.2, 0) is 24.4 Å². The Morgan fingerprint density at radius 2 is 1.88 bits per heavy atom. The Kier molecular flexibility index (Phi) is 7.82. The molecule has 40 heavy (non-hydrogen) atoms. The molecular formula is C29H26N4O5S2.